The molecule has 0 spiro atoms. The highest BCUT2D eigenvalue weighted by atomic mass is 16.6. The largest absolute Gasteiger partial charge is 0.452 e. The van der Waals surface area contributed by atoms with Crippen molar-refractivity contribution in [1.82, 2.24) is 4.90 Å². The summed E-state index contributed by atoms with van der Waals surface area (Å²) in [5.74, 6) is -0.951. The lowest BCUT2D eigenvalue weighted by Gasteiger charge is -2.38. The predicted octanol–water partition coefficient (Wildman–Crippen LogP) is 2.85. The molecule has 0 N–H and O–H groups in total. The Morgan fingerprint density at radius 3 is 2.50 bits per heavy atom. The van der Waals surface area contributed by atoms with Crippen molar-refractivity contribution in [3.8, 4) is 0 Å². The van der Waals surface area contributed by atoms with E-state index in [9.17, 15) is 19.7 Å². The quantitative estimate of drug-likeness (QED) is 0.480. The highest BCUT2D eigenvalue weighted by Crippen LogP contribution is 2.24. The highest BCUT2D eigenvalue weighted by molar-refractivity contribution is 5.93. The summed E-state index contributed by atoms with van der Waals surface area (Å²) < 4.78 is 5.10. The van der Waals surface area contributed by atoms with Crippen LogP contribution in [0.4, 0.5) is 5.69 Å². The summed E-state index contributed by atoms with van der Waals surface area (Å²) >= 11 is 0. The van der Waals surface area contributed by atoms with Gasteiger partial charge in [0.05, 0.1) is 10.5 Å². The summed E-state index contributed by atoms with van der Waals surface area (Å²) in [5, 5.41) is 10.9. The van der Waals surface area contributed by atoms with E-state index in [-0.39, 0.29) is 41.4 Å². The van der Waals surface area contributed by atoms with E-state index in [0.29, 0.717) is 0 Å². The molecule has 1 aromatic rings. The van der Waals surface area contributed by atoms with Crippen molar-refractivity contribution in [3.05, 3.63) is 39.4 Å². The van der Waals surface area contributed by atoms with Crippen LogP contribution in [0, 0.1) is 17.0 Å². The first-order valence-corrected chi connectivity index (χ1v) is 8.05. The molecule has 7 heteroatoms. The normalized spacial score (nSPS) is 20.5. The maximum atomic E-state index is 12.4. The van der Waals surface area contributed by atoms with Gasteiger partial charge >= 0.3 is 5.97 Å². The SMILES string of the molecule is Cc1c(C(=O)OCC(=O)N2[C@H](C)CCC[C@H]2C)cccc1[N+](=O)[O-]. The molecule has 0 bridgehead atoms. The van der Waals surface area contributed by atoms with Gasteiger partial charge in [-0.05, 0) is 46.1 Å². The molecular weight excluding hydrogens is 312 g/mol. The van der Waals surface area contributed by atoms with Crippen LogP contribution in [-0.4, -0.2) is 40.4 Å². The maximum Gasteiger partial charge on any atom is 0.339 e. The van der Waals surface area contributed by atoms with Gasteiger partial charge in [0.25, 0.3) is 11.6 Å². The van der Waals surface area contributed by atoms with Gasteiger partial charge in [-0.15, -0.1) is 0 Å². The molecule has 130 valence electrons. The number of nitro benzene ring substituents is 1. The molecule has 1 fully saturated rings. The van der Waals surface area contributed by atoms with Gasteiger partial charge < -0.3 is 9.64 Å². The molecule has 0 aromatic heterocycles. The van der Waals surface area contributed by atoms with Gasteiger partial charge in [-0.2, -0.15) is 0 Å². The molecule has 0 saturated carbocycles. The molecule has 0 unspecified atom stereocenters. The van der Waals surface area contributed by atoms with Crippen LogP contribution in [0.25, 0.3) is 0 Å². The molecule has 24 heavy (non-hydrogen) atoms. The van der Waals surface area contributed by atoms with Crippen molar-refractivity contribution in [3.63, 3.8) is 0 Å². The Bertz CT molecular complexity index is 648. The Morgan fingerprint density at radius 2 is 1.92 bits per heavy atom. The van der Waals surface area contributed by atoms with Crippen LogP contribution < -0.4 is 0 Å². The summed E-state index contributed by atoms with van der Waals surface area (Å²) in [6, 6.07) is 4.47. The van der Waals surface area contributed by atoms with Gasteiger partial charge in [-0.1, -0.05) is 6.07 Å². The molecule has 2 rings (SSSR count). The molecule has 1 aromatic carbocycles. The number of benzene rings is 1. The van der Waals surface area contributed by atoms with E-state index < -0.39 is 10.9 Å². The first-order chi connectivity index (χ1) is 11.3. The zero-order valence-corrected chi connectivity index (χ0v) is 14.2. The third-order valence-electron chi connectivity index (χ3n) is 4.53. The third kappa shape index (κ3) is 3.72. The number of rotatable bonds is 4. The average Bonchev–Trinajstić information content (AvgIpc) is 2.52. The number of likely N-dealkylation sites (tertiary alicyclic amines) is 1. The number of hydrogen-bond acceptors (Lipinski definition) is 5. The molecule has 7 nitrogen and oxygen atoms in total. The molecule has 1 saturated heterocycles. The highest BCUT2D eigenvalue weighted by Gasteiger charge is 2.29. The van der Waals surface area contributed by atoms with Crippen LogP contribution in [-0.2, 0) is 9.53 Å². The number of nitrogens with zero attached hydrogens (tertiary/aromatic N) is 2. The van der Waals surface area contributed by atoms with Gasteiger partial charge in [0, 0.05) is 23.7 Å². The molecule has 0 radical (unpaired) electrons. The number of carbonyl (C=O) groups excluding carboxylic acids is 2. The van der Waals surface area contributed by atoms with Gasteiger partial charge in [-0.25, -0.2) is 4.79 Å². The van der Waals surface area contributed by atoms with Crippen LogP contribution in [0.15, 0.2) is 18.2 Å². The Labute approximate surface area is 140 Å². The van der Waals surface area contributed by atoms with Crippen molar-refractivity contribution in [2.24, 2.45) is 0 Å². The van der Waals surface area contributed by atoms with Crippen LogP contribution in [0.3, 0.4) is 0 Å². The zero-order chi connectivity index (χ0) is 17.9. The van der Waals surface area contributed by atoms with Crippen LogP contribution in [0.1, 0.15) is 49.0 Å². The summed E-state index contributed by atoms with van der Waals surface area (Å²) in [7, 11) is 0. The van der Waals surface area contributed by atoms with Crippen LogP contribution >= 0.6 is 0 Å². The zero-order valence-electron chi connectivity index (χ0n) is 14.2. The second-order valence-electron chi connectivity index (χ2n) is 6.21. The standard InChI is InChI=1S/C17H22N2O5/c1-11-6-4-7-12(2)18(11)16(20)10-24-17(21)14-8-5-9-15(13(14)3)19(22)23/h5,8-9,11-12H,4,6-7,10H2,1-3H3/t11-,12-/m1/s1. The summed E-state index contributed by atoms with van der Waals surface area (Å²) in [6.45, 7) is 5.11. The Balaban J connectivity index is 2.04. The smallest absolute Gasteiger partial charge is 0.339 e. The van der Waals surface area contributed by atoms with Crippen LogP contribution in [0.2, 0.25) is 0 Å². The number of ether oxygens (including phenoxy) is 1. The van der Waals surface area contributed by atoms with E-state index in [0.717, 1.165) is 19.3 Å². The fourth-order valence-electron chi connectivity index (χ4n) is 3.23. The molecule has 2 atom stereocenters. The number of piperidine rings is 1. The molecule has 1 amide bonds. The molecule has 0 aliphatic carbocycles. The number of esters is 1. The van der Waals surface area contributed by atoms with Crippen LogP contribution in [0.5, 0.6) is 0 Å². The first kappa shape index (κ1) is 17.9. The monoisotopic (exact) mass is 334 g/mol. The lowest BCUT2D eigenvalue weighted by Crippen LogP contribution is -2.49. The van der Waals surface area contributed by atoms with Gasteiger partial charge in [0.15, 0.2) is 6.61 Å². The number of carbonyl (C=O) groups is 2. The second kappa shape index (κ2) is 7.42. The summed E-state index contributed by atoms with van der Waals surface area (Å²) in [4.78, 5) is 36.7. The Kier molecular flexibility index (Phi) is 5.54. The lowest BCUT2D eigenvalue weighted by molar-refractivity contribution is -0.385. The topological polar surface area (TPSA) is 89.8 Å². The van der Waals surface area contributed by atoms with E-state index >= 15 is 0 Å². The summed E-state index contributed by atoms with van der Waals surface area (Å²) in [5.41, 5.74) is 0.199. The Hall–Kier alpha value is -2.44. The number of amides is 1. The Morgan fingerprint density at radius 1 is 1.29 bits per heavy atom. The van der Waals surface area contributed by atoms with Crippen molar-refractivity contribution in [2.75, 3.05) is 6.61 Å². The molecule has 1 aliphatic heterocycles. The van der Waals surface area contributed by atoms with E-state index in [4.69, 9.17) is 4.74 Å². The lowest BCUT2D eigenvalue weighted by atomic mass is 9.97. The average molecular weight is 334 g/mol. The molecule has 1 heterocycles. The number of nitro groups is 1. The van der Waals surface area contributed by atoms with Gasteiger partial charge in [0.1, 0.15) is 0 Å². The minimum Gasteiger partial charge on any atom is -0.452 e. The van der Waals surface area contributed by atoms with Crippen molar-refractivity contribution >= 4 is 17.6 Å². The first-order valence-electron chi connectivity index (χ1n) is 8.05. The van der Waals surface area contributed by atoms with E-state index in [1.807, 2.05) is 13.8 Å². The van der Waals surface area contributed by atoms with Gasteiger partial charge in [-0.3, -0.25) is 14.9 Å². The van der Waals surface area contributed by atoms with Crippen molar-refractivity contribution in [2.45, 2.75) is 52.1 Å². The fourth-order valence-corrected chi connectivity index (χ4v) is 3.23. The third-order valence-corrected chi connectivity index (χ3v) is 4.53. The predicted molar refractivity (Wildman–Crippen MR) is 87.7 cm³/mol. The maximum absolute atomic E-state index is 12.4. The number of hydrogen-bond donors (Lipinski definition) is 0. The fraction of sp³-hybridized carbons (Fsp3) is 0.529. The molecular formula is C17H22N2O5. The van der Waals surface area contributed by atoms with E-state index in [1.54, 1.807) is 4.90 Å². The molecule has 1 aliphatic rings. The second-order valence-corrected chi connectivity index (χ2v) is 6.21. The van der Waals surface area contributed by atoms with Crippen molar-refractivity contribution < 1.29 is 19.2 Å². The van der Waals surface area contributed by atoms with Crippen molar-refractivity contribution in [1.29, 1.82) is 0 Å². The minimum atomic E-state index is -0.720. The van der Waals surface area contributed by atoms with E-state index in [1.165, 1.54) is 25.1 Å². The summed E-state index contributed by atoms with van der Waals surface area (Å²) in [6.07, 6.45) is 2.96. The van der Waals surface area contributed by atoms with Gasteiger partial charge in [0.2, 0.25) is 0 Å². The van der Waals surface area contributed by atoms with E-state index in [2.05, 4.69) is 0 Å². The minimum absolute atomic E-state index is 0.108.